The van der Waals surface area contributed by atoms with Crippen molar-refractivity contribution in [2.75, 3.05) is 0 Å². The Bertz CT molecular complexity index is 777. The molecule has 0 saturated carbocycles. The van der Waals surface area contributed by atoms with Crippen molar-refractivity contribution in [3.63, 3.8) is 0 Å². The van der Waals surface area contributed by atoms with E-state index in [0.717, 1.165) is 16.9 Å². The minimum Gasteiger partial charge on any atom is -0.331 e. The van der Waals surface area contributed by atoms with E-state index in [4.69, 9.17) is 0 Å². The fourth-order valence-electron chi connectivity index (χ4n) is 2.18. The van der Waals surface area contributed by atoms with Crippen molar-refractivity contribution in [3.05, 3.63) is 53.9 Å². The van der Waals surface area contributed by atoms with Crippen LogP contribution in [-0.4, -0.2) is 25.3 Å². The molecule has 0 unspecified atom stereocenters. The number of benzene rings is 1. The predicted octanol–water partition coefficient (Wildman–Crippen LogP) is 2.10. The highest BCUT2D eigenvalue weighted by Crippen LogP contribution is 2.17. The molecule has 5 heteroatoms. The largest absolute Gasteiger partial charge is 0.331 e. The summed E-state index contributed by atoms with van der Waals surface area (Å²) in [7, 11) is 1.96. The normalized spacial score (nSPS) is 10.9. The molecule has 20 heavy (non-hydrogen) atoms. The van der Waals surface area contributed by atoms with Gasteiger partial charge in [-0.1, -0.05) is 0 Å². The first-order valence-electron chi connectivity index (χ1n) is 6.36. The molecule has 0 aliphatic carbocycles. The van der Waals surface area contributed by atoms with E-state index in [1.54, 1.807) is 18.6 Å². The molecule has 5 nitrogen and oxygen atoms in total. The van der Waals surface area contributed by atoms with Crippen molar-refractivity contribution in [1.82, 2.24) is 19.5 Å². The summed E-state index contributed by atoms with van der Waals surface area (Å²) in [4.78, 5) is 24.8. The Morgan fingerprint density at radius 3 is 2.90 bits per heavy atom. The van der Waals surface area contributed by atoms with Crippen LogP contribution in [0.15, 0.2) is 36.8 Å². The maximum absolute atomic E-state index is 12.2. The molecule has 2 aromatic heterocycles. The molecule has 0 spiro atoms. The monoisotopic (exact) mass is 266 g/mol. The van der Waals surface area contributed by atoms with Crippen molar-refractivity contribution < 1.29 is 4.79 Å². The molecule has 0 amide bonds. The molecular weight excluding hydrogens is 252 g/mol. The molecule has 0 fully saturated rings. The zero-order valence-corrected chi connectivity index (χ0v) is 11.4. The molecular formula is C15H14N4O. The standard InChI is InChI=1S/C15H14N4O/c1-10-18-13-7-11(3-4-14(13)19(10)2)15(20)8-12-9-16-5-6-17-12/h3-7,9H,8H2,1-2H3. The van der Waals surface area contributed by atoms with Crippen molar-refractivity contribution in [2.24, 2.45) is 7.05 Å². The SMILES string of the molecule is Cc1nc2cc(C(=O)Cc3cnccn3)ccc2n1C. The van der Waals surface area contributed by atoms with Crippen LogP contribution >= 0.6 is 0 Å². The number of rotatable bonds is 3. The maximum Gasteiger partial charge on any atom is 0.168 e. The molecule has 2 heterocycles. The van der Waals surface area contributed by atoms with Crippen LogP contribution in [0.1, 0.15) is 21.9 Å². The minimum atomic E-state index is 0.0238. The number of nitrogens with zero attached hydrogens (tertiary/aromatic N) is 4. The first-order valence-corrected chi connectivity index (χ1v) is 6.36. The highest BCUT2D eigenvalue weighted by molar-refractivity contribution is 5.99. The molecule has 0 N–H and O–H groups in total. The van der Waals surface area contributed by atoms with Crippen LogP contribution in [0.4, 0.5) is 0 Å². The third kappa shape index (κ3) is 2.18. The molecule has 0 atom stereocenters. The summed E-state index contributed by atoms with van der Waals surface area (Å²) in [5, 5.41) is 0. The summed E-state index contributed by atoms with van der Waals surface area (Å²) >= 11 is 0. The lowest BCUT2D eigenvalue weighted by Gasteiger charge is -2.01. The fraction of sp³-hybridized carbons (Fsp3) is 0.200. The molecule has 0 saturated heterocycles. The summed E-state index contributed by atoms with van der Waals surface area (Å²) < 4.78 is 2.01. The average molecular weight is 266 g/mol. The van der Waals surface area contributed by atoms with Gasteiger partial charge in [0.25, 0.3) is 0 Å². The van der Waals surface area contributed by atoms with Crippen molar-refractivity contribution in [2.45, 2.75) is 13.3 Å². The molecule has 0 bridgehead atoms. The molecule has 3 rings (SSSR count). The fourth-order valence-corrected chi connectivity index (χ4v) is 2.18. The number of ketones is 1. The van der Waals surface area contributed by atoms with Crippen LogP contribution in [-0.2, 0) is 13.5 Å². The third-order valence-corrected chi connectivity index (χ3v) is 3.38. The Kier molecular flexibility index (Phi) is 3.02. The van der Waals surface area contributed by atoms with Crippen LogP contribution in [0.2, 0.25) is 0 Å². The number of aromatic nitrogens is 4. The molecule has 3 aromatic rings. The molecule has 0 radical (unpaired) electrons. The van der Waals surface area contributed by atoms with E-state index >= 15 is 0 Å². The molecule has 0 aliphatic rings. The Labute approximate surface area is 116 Å². The smallest absolute Gasteiger partial charge is 0.168 e. The summed E-state index contributed by atoms with van der Waals surface area (Å²) in [5.41, 5.74) is 3.20. The quantitative estimate of drug-likeness (QED) is 0.681. The molecule has 0 aliphatic heterocycles. The molecule has 100 valence electrons. The van der Waals surface area contributed by atoms with Crippen LogP contribution in [0, 0.1) is 6.92 Å². The second kappa shape index (κ2) is 4.85. The summed E-state index contributed by atoms with van der Waals surface area (Å²) in [5.74, 6) is 0.953. The van der Waals surface area contributed by atoms with Crippen molar-refractivity contribution in [1.29, 1.82) is 0 Å². The number of Topliss-reactive ketones (excluding diaryl/α,β-unsaturated/α-hetero) is 1. The van der Waals surface area contributed by atoms with E-state index in [-0.39, 0.29) is 12.2 Å². The van der Waals surface area contributed by atoms with Gasteiger partial charge in [0.1, 0.15) is 5.82 Å². The number of imidazole rings is 1. The van der Waals surface area contributed by atoms with Crippen LogP contribution in [0.25, 0.3) is 11.0 Å². The van der Waals surface area contributed by atoms with Crippen LogP contribution in [0.5, 0.6) is 0 Å². The highest BCUT2D eigenvalue weighted by atomic mass is 16.1. The number of aryl methyl sites for hydroxylation is 2. The van der Waals surface area contributed by atoms with Gasteiger partial charge in [0, 0.05) is 31.2 Å². The Morgan fingerprint density at radius 2 is 2.15 bits per heavy atom. The first kappa shape index (κ1) is 12.5. The van der Waals surface area contributed by atoms with Gasteiger partial charge in [-0.15, -0.1) is 0 Å². The van der Waals surface area contributed by atoms with E-state index in [1.165, 1.54) is 0 Å². The van der Waals surface area contributed by atoms with E-state index in [2.05, 4.69) is 15.0 Å². The first-order chi connectivity index (χ1) is 9.65. The second-order valence-corrected chi connectivity index (χ2v) is 4.72. The summed E-state index contributed by atoms with van der Waals surface area (Å²) in [6, 6.07) is 5.60. The zero-order valence-electron chi connectivity index (χ0n) is 11.4. The summed E-state index contributed by atoms with van der Waals surface area (Å²) in [6.07, 6.45) is 5.05. The topological polar surface area (TPSA) is 60.7 Å². The van der Waals surface area contributed by atoms with Gasteiger partial charge < -0.3 is 4.57 Å². The Morgan fingerprint density at radius 1 is 1.30 bits per heavy atom. The lowest BCUT2D eigenvalue weighted by atomic mass is 10.1. The van der Waals surface area contributed by atoms with Gasteiger partial charge in [0.15, 0.2) is 5.78 Å². The number of fused-ring (bicyclic) bond motifs is 1. The van der Waals surface area contributed by atoms with E-state index in [9.17, 15) is 4.79 Å². The third-order valence-electron chi connectivity index (χ3n) is 3.38. The van der Waals surface area contributed by atoms with Gasteiger partial charge in [-0.25, -0.2) is 4.98 Å². The lowest BCUT2D eigenvalue weighted by Crippen LogP contribution is -2.05. The Hall–Kier alpha value is -2.56. The second-order valence-electron chi connectivity index (χ2n) is 4.72. The highest BCUT2D eigenvalue weighted by Gasteiger charge is 2.11. The van der Waals surface area contributed by atoms with Gasteiger partial charge >= 0.3 is 0 Å². The van der Waals surface area contributed by atoms with Crippen LogP contribution in [0.3, 0.4) is 0 Å². The maximum atomic E-state index is 12.2. The number of carbonyl (C=O) groups is 1. The number of carbonyl (C=O) groups excluding carboxylic acids is 1. The average Bonchev–Trinajstić information content (AvgIpc) is 2.74. The van der Waals surface area contributed by atoms with E-state index in [0.29, 0.717) is 11.3 Å². The number of hydrogen-bond donors (Lipinski definition) is 0. The zero-order chi connectivity index (χ0) is 14.1. The van der Waals surface area contributed by atoms with Crippen molar-refractivity contribution >= 4 is 16.8 Å². The van der Waals surface area contributed by atoms with Crippen LogP contribution < -0.4 is 0 Å². The predicted molar refractivity (Wildman–Crippen MR) is 75.5 cm³/mol. The van der Waals surface area contributed by atoms with Gasteiger partial charge in [-0.3, -0.25) is 14.8 Å². The summed E-state index contributed by atoms with van der Waals surface area (Å²) in [6.45, 7) is 1.95. The lowest BCUT2D eigenvalue weighted by molar-refractivity contribution is 0.0992. The van der Waals surface area contributed by atoms with Gasteiger partial charge in [0.2, 0.25) is 0 Å². The Balaban J connectivity index is 1.92. The van der Waals surface area contributed by atoms with Gasteiger partial charge in [-0.2, -0.15) is 0 Å². The number of hydrogen-bond acceptors (Lipinski definition) is 4. The van der Waals surface area contributed by atoms with E-state index < -0.39 is 0 Å². The molecule has 1 aromatic carbocycles. The van der Waals surface area contributed by atoms with Gasteiger partial charge in [-0.05, 0) is 25.1 Å². The minimum absolute atomic E-state index is 0.0238. The van der Waals surface area contributed by atoms with Crippen molar-refractivity contribution in [3.8, 4) is 0 Å². The van der Waals surface area contributed by atoms with Gasteiger partial charge in [0.05, 0.1) is 23.1 Å². The van der Waals surface area contributed by atoms with E-state index in [1.807, 2.05) is 36.7 Å².